The fourth-order valence-corrected chi connectivity index (χ4v) is 2.16. The molecule has 1 heterocycles. The second-order valence-corrected chi connectivity index (χ2v) is 4.52. The summed E-state index contributed by atoms with van der Waals surface area (Å²) in [6.45, 7) is 0.716. The highest BCUT2D eigenvalue weighted by Gasteiger charge is 2.17. The van der Waals surface area contributed by atoms with E-state index in [1.165, 1.54) is 0 Å². The van der Waals surface area contributed by atoms with Crippen LogP contribution in [0.5, 0.6) is 0 Å². The third-order valence-electron chi connectivity index (χ3n) is 3.11. The molecule has 19 heavy (non-hydrogen) atoms. The summed E-state index contributed by atoms with van der Waals surface area (Å²) < 4.78 is 0. The van der Waals surface area contributed by atoms with Crippen LogP contribution < -0.4 is 10.6 Å². The summed E-state index contributed by atoms with van der Waals surface area (Å²) in [7, 11) is 0. The molecule has 2 N–H and O–H groups in total. The third kappa shape index (κ3) is 3.23. The number of carbonyl (C=O) groups is 1. The highest BCUT2D eigenvalue weighted by Crippen LogP contribution is 2.18. The van der Waals surface area contributed by atoms with E-state index in [4.69, 9.17) is 10.5 Å². The molecular weight excluding hydrogens is 240 g/mol. The van der Waals surface area contributed by atoms with E-state index >= 15 is 0 Å². The monoisotopic (exact) mass is 254 g/mol. The number of amides is 1. The van der Waals surface area contributed by atoms with Gasteiger partial charge in [0.2, 0.25) is 5.91 Å². The lowest BCUT2D eigenvalue weighted by molar-refractivity contribution is -0.120. The van der Waals surface area contributed by atoms with Crippen LogP contribution >= 0.6 is 0 Å². The molecule has 1 aliphatic rings. The van der Waals surface area contributed by atoms with Crippen molar-refractivity contribution in [3.05, 3.63) is 29.3 Å². The van der Waals surface area contributed by atoms with E-state index in [1.54, 1.807) is 18.2 Å². The van der Waals surface area contributed by atoms with Crippen molar-refractivity contribution in [1.29, 1.82) is 10.5 Å². The second-order valence-electron chi connectivity index (χ2n) is 4.52. The smallest absolute Gasteiger partial charge is 0.222 e. The molecule has 1 unspecified atom stereocenters. The average molecular weight is 254 g/mol. The van der Waals surface area contributed by atoms with Gasteiger partial charge in [-0.3, -0.25) is 4.79 Å². The van der Waals surface area contributed by atoms with Gasteiger partial charge in [0.05, 0.1) is 11.1 Å². The molecule has 0 radical (unpaired) electrons. The van der Waals surface area contributed by atoms with Crippen molar-refractivity contribution < 1.29 is 4.79 Å². The van der Waals surface area contributed by atoms with E-state index in [1.807, 2.05) is 12.1 Å². The van der Waals surface area contributed by atoms with Gasteiger partial charge in [0.15, 0.2) is 0 Å². The van der Waals surface area contributed by atoms with Crippen LogP contribution in [0.4, 0.5) is 5.69 Å². The van der Waals surface area contributed by atoms with Crippen LogP contribution in [0, 0.1) is 22.7 Å². The van der Waals surface area contributed by atoms with Crippen molar-refractivity contribution in [1.82, 2.24) is 5.32 Å². The first kappa shape index (κ1) is 12.9. The highest BCUT2D eigenvalue weighted by atomic mass is 16.1. The quantitative estimate of drug-likeness (QED) is 0.837. The number of nitrogens with zero attached hydrogens (tertiary/aromatic N) is 2. The molecule has 1 fully saturated rings. The summed E-state index contributed by atoms with van der Waals surface area (Å²) >= 11 is 0. The SMILES string of the molecule is N#Cc1ccc(NC2CCCNC(=O)C2)cc1C#N. The van der Waals surface area contributed by atoms with Crippen LogP contribution in [0.25, 0.3) is 0 Å². The molecular formula is C14H14N4O. The van der Waals surface area contributed by atoms with Gasteiger partial charge in [0.1, 0.15) is 12.1 Å². The van der Waals surface area contributed by atoms with Gasteiger partial charge in [-0.25, -0.2) is 0 Å². The van der Waals surface area contributed by atoms with Crippen LogP contribution in [0.3, 0.4) is 0 Å². The number of nitrogens with one attached hydrogen (secondary N) is 2. The lowest BCUT2D eigenvalue weighted by atomic mass is 10.1. The molecule has 96 valence electrons. The van der Waals surface area contributed by atoms with Crippen LogP contribution in [-0.2, 0) is 4.79 Å². The number of carbonyl (C=O) groups excluding carboxylic acids is 1. The van der Waals surface area contributed by atoms with E-state index in [0.29, 0.717) is 24.1 Å². The lowest BCUT2D eigenvalue weighted by Gasteiger charge is -2.16. The zero-order valence-electron chi connectivity index (χ0n) is 10.4. The van der Waals surface area contributed by atoms with E-state index in [9.17, 15) is 4.79 Å². The van der Waals surface area contributed by atoms with Crippen LogP contribution in [0.2, 0.25) is 0 Å². The molecule has 1 aromatic carbocycles. The minimum absolute atomic E-state index is 0.0455. The second kappa shape index (κ2) is 5.88. The maximum atomic E-state index is 11.5. The Bertz CT molecular complexity index is 568. The number of anilines is 1. The molecule has 0 aromatic heterocycles. The number of rotatable bonds is 2. The molecule has 0 saturated carbocycles. The number of benzene rings is 1. The molecule has 0 bridgehead atoms. The van der Waals surface area contributed by atoms with E-state index in [0.717, 1.165) is 18.5 Å². The molecule has 5 nitrogen and oxygen atoms in total. The van der Waals surface area contributed by atoms with Gasteiger partial charge in [0.25, 0.3) is 0 Å². The van der Waals surface area contributed by atoms with Gasteiger partial charge in [0, 0.05) is 24.7 Å². The van der Waals surface area contributed by atoms with E-state index in [2.05, 4.69) is 10.6 Å². The summed E-state index contributed by atoms with van der Waals surface area (Å²) in [5.41, 5.74) is 1.49. The van der Waals surface area contributed by atoms with Gasteiger partial charge in [-0.15, -0.1) is 0 Å². The number of nitriles is 2. The number of hydrogen-bond donors (Lipinski definition) is 2. The summed E-state index contributed by atoms with van der Waals surface area (Å²) in [5.74, 6) is 0.0455. The van der Waals surface area contributed by atoms with E-state index < -0.39 is 0 Å². The van der Waals surface area contributed by atoms with Crippen molar-refractivity contribution in [3.8, 4) is 12.1 Å². The van der Waals surface area contributed by atoms with Crippen LogP contribution in [0.1, 0.15) is 30.4 Å². The predicted octanol–water partition coefficient (Wildman–Crippen LogP) is 1.51. The van der Waals surface area contributed by atoms with Gasteiger partial charge in [-0.05, 0) is 31.0 Å². The Morgan fingerprint density at radius 1 is 1.26 bits per heavy atom. The minimum Gasteiger partial charge on any atom is -0.382 e. The first-order chi connectivity index (χ1) is 9.22. The molecule has 1 aliphatic heterocycles. The molecule has 1 atom stereocenters. The Kier molecular flexibility index (Phi) is 4.00. The van der Waals surface area contributed by atoms with Crippen LogP contribution in [-0.4, -0.2) is 18.5 Å². The zero-order chi connectivity index (χ0) is 13.7. The van der Waals surface area contributed by atoms with Gasteiger partial charge in [-0.2, -0.15) is 10.5 Å². The molecule has 0 spiro atoms. The van der Waals surface area contributed by atoms with Gasteiger partial charge in [-0.1, -0.05) is 0 Å². The molecule has 1 aromatic rings. The fraction of sp³-hybridized carbons (Fsp3) is 0.357. The van der Waals surface area contributed by atoms with Crippen molar-refractivity contribution in [3.63, 3.8) is 0 Å². The fourth-order valence-electron chi connectivity index (χ4n) is 2.16. The molecule has 2 rings (SSSR count). The van der Waals surface area contributed by atoms with E-state index in [-0.39, 0.29) is 11.9 Å². The zero-order valence-corrected chi connectivity index (χ0v) is 10.4. The Hall–Kier alpha value is -2.53. The van der Waals surface area contributed by atoms with Gasteiger partial charge >= 0.3 is 0 Å². The highest BCUT2D eigenvalue weighted by molar-refractivity contribution is 5.77. The van der Waals surface area contributed by atoms with Crippen molar-refractivity contribution >= 4 is 11.6 Å². The Morgan fingerprint density at radius 3 is 2.79 bits per heavy atom. The maximum Gasteiger partial charge on any atom is 0.222 e. The maximum absolute atomic E-state index is 11.5. The first-order valence-corrected chi connectivity index (χ1v) is 6.20. The normalized spacial score (nSPS) is 18.6. The van der Waals surface area contributed by atoms with Gasteiger partial charge < -0.3 is 10.6 Å². The van der Waals surface area contributed by atoms with Crippen molar-refractivity contribution in [2.75, 3.05) is 11.9 Å². The van der Waals surface area contributed by atoms with Crippen molar-refractivity contribution in [2.45, 2.75) is 25.3 Å². The topological polar surface area (TPSA) is 88.7 Å². The van der Waals surface area contributed by atoms with Crippen LogP contribution in [0.15, 0.2) is 18.2 Å². The lowest BCUT2D eigenvalue weighted by Crippen LogP contribution is -2.26. The Labute approximate surface area is 111 Å². The standard InChI is InChI=1S/C14H14N4O/c15-8-10-3-4-13(6-11(10)9-16)18-12-2-1-5-17-14(19)7-12/h3-4,6,12,18H,1-2,5,7H2,(H,17,19). The molecule has 5 heteroatoms. The average Bonchev–Trinajstić information content (AvgIpc) is 2.63. The summed E-state index contributed by atoms with van der Waals surface area (Å²) in [6.07, 6.45) is 2.27. The molecule has 1 amide bonds. The molecule has 0 aliphatic carbocycles. The Balaban J connectivity index is 2.13. The Morgan fingerprint density at radius 2 is 2.05 bits per heavy atom. The summed E-state index contributed by atoms with van der Waals surface area (Å²) in [4.78, 5) is 11.5. The third-order valence-corrected chi connectivity index (χ3v) is 3.11. The van der Waals surface area contributed by atoms with Crippen molar-refractivity contribution in [2.24, 2.45) is 0 Å². The summed E-state index contributed by atoms with van der Waals surface area (Å²) in [5, 5.41) is 23.9. The summed E-state index contributed by atoms with van der Waals surface area (Å²) in [6, 6.07) is 9.10. The largest absolute Gasteiger partial charge is 0.382 e. The molecule has 1 saturated heterocycles. The predicted molar refractivity (Wildman–Crippen MR) is 70.1 cm³/mol. The minimum atomic E-state index is 0.0455. The first-order valence-electron chi connectivity index (χ1n) is 6.20. The number of hydrogen-bond acceptors (Lipinski definition) is 4.